The Hall–Kier alpha value is -2.34. The summed E-state index contributed by atoms with van der Waals surface area (Å²) < 4.78 is 1.38. The van der Waals surface area contributed by atoms with E-state index in [0.717, 1.165) is 6.42 Å². The van der Waals surface area contributed by atoms with Crippen molar-refractivity contribution in [2.45, 2.75) is 20.3 Å². The molecule has 0 radical (unpaired) electrons. The Kier molecular flexibility index (Phi) is 3.44. The van der Waals surface area contributed by atoms with E-state index in [1.54, 1.807) is 4.90 Å². The maximum absolute atomic E-state index is 12.9. The van der Waals surface area contributed by atoms with Crippen LogP contribution in [-0.2, 0) is 0 Å². The quantitative estimate of drug-likeness (QED) is 0.891. The number of aliphatic hydroxyl groups excluding tert-OH is 1. The minimum absolute atomic E-state index is 0.104. The van der Waals surface area contributed by atoms with Gasteiger partial charge < -0.3 is 10.0 Å². The summed E-state index contributed by atoms with van der Waals surface area (Å²) in [4.78, 5) is 26.9. The molecule has 1 aliphatic carbocycles. The van der Waals surface area contributed by atoms with Crippen LogP contribution >= 0.6 is 0 Å². The monoisotopic (exact) mass is 341 g/mol. The first-order valence-electron chi connectivity index (χ1n) is 8.64. The predicted octanol–water partition coefficient (Wildman–Crippen LogP) is 1.65. The second-order valence-electron chi connectivity index (χ2n) is 8.10. The van der Waals surface area contributed by atoms with Crippen LogP contribution in [0.25, 0.3) is 5.69 Å². The van der Waals surface area contributed by atoms with E-state index in [4.69, 9.17) is 0 Å². The number of H-pyrrole nitrogens is 1. The number of aliphatic hydroxyl groups is 1. The topological polar surface area (TPSA) is 78.3 Å². The normalized spacial score (nSPS) is 27.0. The molecule has 1 amide bonds. The Morgan fingerprint density at radius 2 is 2.04 bits per heavy atom. The van der Waals surface area contributed by atoms with Crippen molar-refractivity contribution in [1.82, 2.24) is 14.7 Å². The summed E-state index contributed by atoms with van der Waals surface area (Å²) >= 11 is 0. The van der Waals surface area contributed by atoms with Gasteiger partial charge in [0, 0.05) is 24.6 Å². The summed E-state index contributed by atoms with van der Waals surface area (Å²) in [5.41, 5.74) is 0.693. The van der Waals surface area contributed by atoms with E-state index < -0.39 is 0 Å². The van der Waals surface area contributed by atoms with Crippen molar-refractivity contribution in [2.24, 2.45) is 16.7 Å². The Morgan fingerprint density at radius 1 is 1.32 bits per heavy atom. The number of hydrogen-bond acceptors (Lipinski definition) is 3. The van der Waals surface area contributed by atoms with Gasteiger partial charge in [-0.05, 0) is 29.9 Å². The number of nitrogens with one attached hydrogen (secondary N) is 1. The molecule has 2 fully saturated rings. The molecular formula is C19H23N3O3. The molecule has 0 bridgehead atoms. The largest absolute Gasteiger partial charge is 0.396 e. The minimum atomic E-state index is -0.256. The van der Waals surface area contributed by atoms with Crippen LogP contribution in [0, 0.1) is 16.7 Å². The van der Waals surface area contributed by atoms with Crippen molar-refractivity contribution in [3.8, 4) is 5.69 Å². The van der Waals surface area contributed by atoms with Crippen LogP contribution in [0.1, 0.15) is 30.8 Å². The van der Waals surface area contributed by atoms with Crippen LogP contribution in [0.5, 0.6) is 0 Å². The van der Waals surface area contributed by atoms with Crippen LogP contribution in [0.4, 0.5) is 0 Å². The van der Waals surface area contributed by atoms with Crippen molar-refractivity contribution in [3.63, 3.8) is 0 Å². The van der Waals surface area contributed by atoms with E-state index in [2.05, 4.69) is 18.9 Å². The van der Waals surface area contributed by atoms with Crippen molar-refractivity contribution >= 4 is 5.91 Å². The van der Waals surface area contributed by atoms with Gasteiger partial charge in [0.15, 0.2) is 0 Å². The van der Waals surface area contributed by atoms with Crippen molar-refractivity contribution in [3.05, 3.63) is 52.4 Å². The Morgan fingerprint density at radius 3 is 2.64 bits per heavy atom. The molecule has 0 spiro atoms. The molecule has 1 aromatic carbocycles. The number of rotatable bonds is 3. The molecule has 2 N–H and O–H groups in total. The number of carbonyl (C=O) groups excluding carboxylic acids is 1. The predicted molar refractivity (Wildman–Crippen MR) is 93.7 cm³/mol. The zero-order chi connectivity index (χ0) is 17.8. The van der Waals surface area contributed by atoms with Gasteiger partial charge in [-0.3, -0.25) is 14.7 Å². The number of aromatic amines is 1. The molecule has 0 unspecified atom stereocenters. The number of hydrogen-bond donors (Lipinski definition) is 2. The van der Waals surface area contributed by atoms with Gasteiger partial charge in [0.05, 0.1) is 12.3 Å². The maximum Gasteiger partial charge on any atom is 0.271 e. The lowest BCUT2D eigenvalue weighted by Crippen LogP contribution is -2.54. The summed E-state index contributed by atoms with van der Waals surface area (Å²) in [6.45, 7) is 5.66. The Bertz CT molecular complexity index is 868. The van der Waals surface area contributed by atoms with E-state index in [1.165, 1.54) is 10.7 Å². The number of para-hydroxylation sites is 1. The number of likely N-dealkylation sites (tertiary alicyclic amines) is 1. The van der Waals surface area contributed by atoms with E-state index in [9.17, 15) is 14.7 Å². The number of aromatic nitrogens is 2. The third kappa shape index (κ3) is 2.35. The molecular weight excluding hydrogens is 318 g/mol. The first kappa shape index (κ1) is 16.1. The number of carbonyl (C=O) groups is 1. The van der Waals surface area contributed by atoms with E-state index in [-0.39, 0.29) is 28.9 Å². The highest BCUT2D eigenvalue weighted by molar-refractivity contribution is 5.92. The van der Waals surface area contributed by atoms with E-state index >= 15 is 0 Å². The van der Waals surface area contributed by atoms with Gasteiger partial charge in [0.1, 0.15) is 5.69 Å². The zero-order valence-electron chi connectivity index (χ0n) is 14.5. The van der Waals surface area contributed by atoms with Crippen molar-refractivity contribution in [2.75, 3.05) is 19.7 Å². The number of amides is 1. The fourth-order valence-electron chi connectivity index (χ4n) is 4.94. The smallest absolute Gasteiger partial charge is 0.271 e. The molecule has 132 valence electrons. The molecule has 1 saturated carbocycles. The fourth-order valence-corrected chi connectivity index (χ4v) is 4.94. The standard InChI is InChI=1S/C19H23N3O3/c1-18(2)10-19(12-23)11-21(9-15(18)19)17(25)14-8-16(24)22(20-14)13-6-4-3-5-7-13/h3-8,15,20,23H,9-12H2,1-2H3/t15-,19-/m1/s1. The summed E-state index contributed by atoms with van der Waals surface area (Å²) in [5.74, 6) is 0.127. The molecule has 1 saturated heterocycles. The van der Waals surface area contributed by atoms with E-state index in [0.29, 0.717) is 30.4 Å². The lowest BCUT2D eigenvalue weighted by atomic mass is 9.48. The third-order valence-electron chi connectivity index (χ3n) is 5.97. The highest BCUT2D eigenvalue weighted by Gasteiger charge is 2.63. The molecule has 2 atom stereocenters. The second-order valence-corrected chi connectivity index (χ2v) is 8.10. The molecule has 2 aliphatic rings. The summed E-state index contributed by atoms with van der Waals surface area (Å²) in [6.07, 6.45) is 0.923. The first-order valence-corrected chi connectivity index (χ1v) is 8.64. The maximum atomic E-state index is 12.9. The average molecular weight is 341 g/mol. The molecule has 6 heteroatoms. The highest BCUT2D eigenvalue weighted by atomic mass is 16.3. The average Bonchev–Trinajstić information content (AvgIpc) is 3.14. The lowest BCUT2D eigenvalue weighted by Gasteiger charge is -2.55. The fraction of sp³-hybridized carbons (Fsp3) is 0.474. The number of fused-ring (bicyclic) bond motifs is 1. The molecule has 2 heterocycles. The first-order chi connectivity index (χ1) is 11.9. The number of nitrogens with zero attached hydrogens (tertiary/aromatic N) is 2. The molecule has 4 rings (SSSR count). The molecule has 25 heavy (non-hydrogen) atoms. The van der Waals surface area contributed by atoms with Gasteiger partial charge in [-0.2, -0.15) is 0 Å². The Balaban J connectivity index is 1.60. The van der Waals surface area contributed by atoms with Crippen LogP contribution in [-0.4, -0.2) is 45.4 Å². The van der Waals surface area contributed by atoms with Gasteiger partial charge in [-0.15, -0.1) is 0 Å². The van der Waals surface area contributed by atoms with Crippen LogP contribution in [0.2, 0.25) is 0 Å². The van der Waals surface area contributed by atoms with Crippen LogP contribution in [0.3, 0.4) is 0 Å². The van der Waals surface area contributed by atoms with E-state index in [1.807, 2.05) is 30.3 Å². The van der Waals surface area contributed by atoms with Gasteiger partial charge in [0.2, 0.25) is 0 Å². The highest BCUT2D eigenvalue weighted by Crippen LogP contribution is 2.62. The third-order valence-corrected chi connectivity index (χ3v) is 5.97. The Labute approximate surface area is 146 Å². The zero-order valence-corrected chi connectivity index (χ0v) is 14.5. The number of benzene rings is 1. The SMILES string of the molecule is CC1(C)C[C@]2(CO)CN(C(=O)c3cc(=O)n(-c4ccccc4)[nH]3)C[C@H]12. The van der Waals surface area contributed by atoms with Crippen LogP contribution in [0.15, 0.2) is 41.2 Å². The molecule has 6 nitrogen and oxygen atoms in total. The lowest BCUT2D eigenvalue weighted by molar-refractivity contribution is -0.0977. The molecule has 1 aromatic heterocycles. The van der Waals surface area contributed by atoms with Gasteiger partial charge in [-0.25, -0.2) is 4.68 Å². The van der Waals surface area contributed by atoms with Gasteiger partial charge in [-0.1, -0.05) is 32.0 Å². The summed E-state index contributed by atoms with van der Waals surface area (Å²) in [6, 6.07) is 10.5. The molecule has 1 aliphatic heterocycles. The summed E-state index contributed by atoms with van der Waals surface area (Å²) in [7, 11) is 0. The van der Waals surface area contributed by atoms with Gasteiger partial charge >= 0.3 is 0 Å². The summed E-state index contributed by atoms with van der Waals surface area (Å²) in [5, 5.41) is 12.8. The minimum Gasteiger partial charge on any atom is -0.396 e. The van der Waals surface area contributed by atoms with Gasteiger partial charge in [0.25, 0.3) is 11.5 Å². The van der Waals surface area contributed by atoms with Crippen molar-refractivity contribution in [1.29, 1.82) is 0 Å². The second kappa shape index (κ2) is 5.33. The van der Waals surface area contributed by atoms with Crippen LogP contribution < -0.4 is 5.56 Å². The molecule has 2 aromatic rings. The van der Waals surface area contributed by atoms with Crippen molar-refractivity contribution < 1.29 is 9.90 Å².